The molecule has 0 saturated carbocycles. The van der Waals surface area contributed by atoms with E-state index in [2.05, 4.69) is 198 Å². The molecule has 1 aromatic heterocycles. The van der Waals surface area contributed by atoms with Gasteiger partial charge in [0.25, 0.3) is 0 Å². The van der Waals surface area contributed by atoms with Gasteiger partial charge in [-0.1, -0.05) is 146 Å². The Morgan fingerprint density at radius 1 is 0.510 bits per heavy atom. The van der Waals surface area contributed by atoms with Crippen LogP contribution in [0.5, 0.6) is 0 Å². The van der Waals surface area contributed by atoms with Gasteiger partial charge in [-0.15, -0.1) is 0 Å². The highest BCUT2D eigenvalue weighted by Gasteiger charge is 2.22. The molecule has 9 aromatic rings. The molecule has 1 atom stereocenters. The first-order valence-corrected chi connectivity index (χ1v) is 17.9. The van der Waals surface area contributed by atoms with Gasteiger partial charge in [0, 0.05) is 33.2 Å². The van der Waals surface area contributed by atoms with Crippen molar-refractivity contribution in [2.45, 2.75) is 13.3 Å². The number of hydrogen-bond acceptors (Lipinski definition) is 1. The number of nitrogens with zero attached hydrogens (tertiary/aromatic N) is 2. The van der Waals surface area contributed by atoms with Crippen molar-refractivity contribution >= 4 is 65.5 Å². The van der Waals surface area contributed by atoms with Gasteiger partial charge < -0.3 is 9.47 Å². The van der Waals surface area contributed by atoms with Crippen LogP contribution < -0.4 is 4.90 Å². The third-order valence-corrected chi connectivity index (χ3v) is 10.6. The minimum Gasteiger partial charge on any atom is -0.310 e. The van der Waals surface area contributed by atoms with Crippen LogP contribution in [0.3, 0.4) is 0 Å². The average Bonchev–Trinajstić information content (AvgIpc) is 3.52. The van der Waals surface area contributed by atoms with Crippen LogP contribution in [0, 0.1) is 5.92 Å². The molecule has 1 aliphatic rings. The first kappa shape index (κ1) is 29.5. The van der Waals surface area contributed by atoms with Gasteiger partial charge in [-0.05, 0) is 92.9 Å². The lowest BCUT2D eigenvalue weighted by atomic mass is 9.92. The Morgan fingerprint density at radius 2 is 1.10 bits per heavy atom. The highest BCUT2D eigenvalue weighted by atomic mass is 15.2. The maximum atomic E-state index is 2.50. The van der Waals surface area contributed by atoms with Crippen molar-refractivity contribution in [3.63, 3.8) is 0 Å². The van der Waals surface area contributed by atoms with Crippen molar-refractivity contribution in [1.29, 1.82) is 0 Å². The molecule has 2 heteroatoms. The summed E-state index contributed by atoms with van der Waals surface area (Å²) in [5.74, 6) is 0.443. The fraction of sp³-hybridized carbons (Fsp3) is 0.0612. The molecule has 0 aliphatic heterocycles. The van der Waals surface area contributed by atoms with Crippen molar-refractivity contribution in [3.8, 4) is 16.8 Å². The summed E-state index contributed by atoms with van der Waals surface area (Å²) in [4.78, 5) is 2.50. The Morgan fingerprint density at radius 3 is 1.82 bits per heavy atom. The highest BCUT2D eigenvalue weighted by Crippen LogP contribution is 2.45. The molecule has 0 amide bonds. The standard InChI is InChI=1S/C49H36N2/c1-33-13-11-16-37(31-33)50(47-24-12-22-45-41-18-6-5-17-39(41)40-19-7-8-21-44(40)49(45)47)38-29-30-43-42-20-9-10-23-46(42)51(48(43)32-38)36-27-25-35(26-28-36)34-14-3-2-4-15-34/h2-12,14-33H,13H2,1H3. The van der Waals surface area contributed by atoms with Crippen molar-refractivity contribution in [1.82, 2.24) is 4.57 Å². The van der Waals surface area contributed by atoms with Gasteiger partial charge in [-0.2, -0.15) is 0 Å². The van der Waals surface area contributed by atoms with E-state index in [9.17, 15) is 0 Å². The zero-order valence-corrected chi connectivity index (χ0v) is 28.5. The van der Waals surface area contributed by atoms with Crippen molar-refractivity contribution in [3.05, 3.63) is 188 Å². The van der Waals surface area contributed by atoms with Gasteiger partial charge in [0.15, 0.2) is 0 Å². The fourth-order valence-electron chi connectivity index (χ4n) is 8.33. The number of para-hydroxylation sites is 1. The third-order valence-electron chi connectivity index (χ3n) is 10.6. The zero-order chi connectivity index (χ0) is 33.9. The Hall–Kier alpha value is -6.38. The first-order valence-electron chi connectivity index (χ1n) is 17.9. The molecule has 10 rings (SSSR count). The van der Waals surface area contributed by atoms with E-state index in [4.69, 9.17) is 0 Å². The lowest BCUT2D eigenvalue weighted by Crippen LogP contribution is -2.18. The normalized spacial score (nSPS) is 14.5. The second-order valence-electron chi connectivity index (χ2n) is 13.8. The molecule has 242 valence electrons. The maximum absolute atomic E-state index is 2.50. The summed E-state index contributed by atoms with van der Waals surface area (Å²) >= 11 is 0. The zero-order valence-electron chi connectivity index (χ0n) is 28.5. The minimum absolute atomic E-state index is 0.443. The predicted octanol–water partition coefficient (Wildman–Crippen LogP) is 13.5. The average molecular weight is 653 g/mol. The summed E-state index contributed by atoms with van der Waals surface area (Å²) in [5, 5.41) is 10.2. The molecular formula is C49H36N2. The lowest BCUT2D eigenvalue weighted by Gasteiger charge is -2.30. The third kappa shape index (κ3) is 4.79. The molecule has 2 nitrogen and oxygen atoms in total. The van der Waals surface area contributed by atoms with E-state index in [-0.39, 0.29) is 0 Å². The van der Waals surface area contributed by atoms with E-state index >= 15 is 0 Å². The Balaban J connectivity index is 1.24. The summed E-state index contributed by atoms with van der Waals surface area (Å²) in [6, 6.07) is 60.0. The van der Waals surface area contributed by atoms with E-state index in [1.165, 1.54) is 76.6 Å². The second kappa shape index (κ2) is 11.9. The summed E-state index contributed by atoms with van der Waals surface area (Å²) < 4.78 is 2.43. The molecule has 0 N–H and O–H groups in total. The number of benzene rings is 8. The van der Waals surface area contributed by atoms with Crippen LogP contribution in [-0.2, 0) is 0 Å². The second-order valence-corrected chi connectivity index (χ2v) is 13.8. The molecule has 8 aromatic carbocycles. The molecule has 0 bridgehead atoms. The number of allylic oxidation sites excluding steroid dienone is 3. The summed E-state index contributed by atoms with van der Waals surface area (Å²) in [6.45, 7) is 2.31. The smallest absolute Gasteiger partial charge is 0.0561 e. The largest absolute Gasteiger partial charge is 0.310 e. The Bertz CT molecular complexity index is 2790. The van der Waals surface area contributed by atoms with E-state index in [1.54, 1.807) is 0 Å². The molecule has 1 aliphatic carbocycles. The quantitative estimate of drug-likeness (QED) is 0.168. The monoisotopic (exact) mass is 652 g/mol. The van der Waals surface area contributed by atoms with Gasteiger partial charge in [0.05, 0.1) is 16.7 Å². The van der Waals surface area contributed by atoms with Gasteiger partial charge >= 0.3 is 0 Å². The van der Waals surface area contributed by atoms with Crippen LogP contribution in [0.2, 0.25) is 0 Å². The molecule has 0 radical (unpaired) electrons. The highest BCUT2D eigenvalue weighted by molar-refractivity contribution is 6.28. The number of hydrogen-bond donors (Lipinski definition) is 0. The Kier molecular flexibility index (Phi) is 6.89. The SMILES string of the molecule is CC1C=C(N(c2ccc3c4ccccc4n(-c4ccc(-c5ccccc5)cc4)c3c2)c2cccc3c4ccccc4c4ccccc4c23)C=CC1. The summed E-state index contributed by atoms with van der Waals surface area (Å²) in [7, 11) is 0. The van der Waals surface area contributed by atoms with Gasteiger partial charge in [-0.3, -0.25) is 0 Å². The van der Waals surface area contributed by atoms with Gasteiger partial charge in [0.1, 0.15) is 0 Å². The van der Waals surface area contributed by atoms with E-state index in [0.29, 0.717) is 5.92 Å². The fourth-order valence-corrected chi connectivity index (χ4v) is 8.33. The molecule has 51 heavy (non-hydrogen) atoms. The van der Waals surface area contributed by atoms with E-state index < -0.39 is 0 Å². The van der Waals surface area contributed by atoms with E-state index in [0.717, 1.165) is 17.8 Å². The topological polar surface area (TPSA) is 8.17 Å². The number of anilines is 2. The molecule has 0 fully saturated rings. The summed E-state index contributed by atoms with van der Waals surface area (Å²) in [5.41, 5.74) is 9.52. The van der Waals surface area contributed by atoms with Crippen molar-refractivity contribution < 1.29 is 0 Å². The predicted molar refractivity (Wildman–Crippen MR) is 218 cm³/mol. The number of fused-ring (bicyclic) bond motifs is 9. The molecule has 0 saturated heterocycles. The van der Waals surface area contributed by atoms with Crippen molar-refractivity contribution in [2.75, 3.05) is 4.90 Å². The molecule has 1 heterocycles. The lowest BCUT2D eigenvalue weighted by molar-refractivity contribution is 0.726. The number of aromatic nitrogens is 1. The van der Waals surface area contributed by atoms with E-state index in [1.807, 2.05) is 0 Å². The van der Waals surface area contributed by atoms with Crippen LogP contribution in [0.4, 0.5) is 11.4 Å². The van der Waals surface area contributed by atoms with Crippen LogP contribution in [0.15, 0.2) is 188 Å². The Labute approximate surface area is 297 Å². The van der Waals surface area contributed by atoms with Gasteiger partial charge in [-0.25, -0.2) is 0 Å². The van der Waals surface area contributed by atoms with Gasteiger partial charge in [0.2, 0.25) is 0 Å². The maximum Gasteiger partial charge on any atom is 0.0561 e. The molecular weight excluding hydrogens is 617 g/mol. The van der Waals surface area contributed by atoms with Crippen LogP contribution >= 0.6 is 0 Å². The summed E-state index contributed by atoms with van der Waals surface area (Å²) in [6.07, 6.45) is 8.12. The minimum atomic E-state index is 0.443. The van der Waals surface area contributed by atoms with Crippen LogP contribution in [0.1, 0.15) is 13.3 Å². The number of rotatable bonds is 5. The van der Waals surface area contributed by atoms with Crippen LogP contribution in [-0.4, -0.2) is 4.57 Å². The van der Waals surface area contributed by atoms with Crippen molar-refractivity contribution in [2.24, 2.45) is 5.92 Å². The first-order chi connectivity index (χ1) is 25.2. The molecule has 1 unspecified atom stereocenters. The van der Waals surface area contributed by atoms with Crippen LogP contribution in [0.25, 0.3) is 70.9 Å². The molecule has 0 spiro atoms.